The number of nitrogens with zero attached hydrogens (tertiary/aromatic N) is 1. The summed E-state index contributed by atoms with van der Waals surface area (Å²) in [6.45, 7) is 5.57. The van der Waals surface area contributed by atoms with Gasteiger partial charge in [0, 0.05) is 18.2 Å². The monoisotopic (exact) mass is 301 g/mol. The highest BCUT2D eigenvalue weighted by molar-refractivity contribution is 5.95. The van der Waals surface area contributed by atoms with Crippen LogP contribution in [0.4, 0.5) is 0 Å². The third-order valence-electron chi connectivity index (χ3n) is 5.23. The number of hydrogen-bond acceptors (Lipinski definition) is 2. The van der Waals surface area contributed by atoms with E-state index in [-0.39, 0.29) is 5.91 Å². The van der Waals surface area contributed by atoms with Gasteiger partial charge in [0.2, 0.25) is 0 Å². The molecule has 0 N–H and O–H groups in total. The van der Waals surface area contributed by atoms with E-state index in [1.54, 1.807) is 0 Å². The van der Waals surface area contributed by atoms with E-state index in [1.807, 2.05) is 32.0 Å². The number of carbonyl (C=O) groups excluding carboxylic acids is 1. The lowest BCUT2D eigenvalue weighted by molar-refractivity contribution is 0.0689. The summed E-state index contributed by atoms with van der Waals surface area (Å²) >= 11 is 0. The molecular weight excluding hydrogens is 274 g/mol. The largest absolute Gasteiger partial charge is 0.494 e. The zero-order valence-electron chi connectivity index (χ0n) is 13.8. The van der Waals surface area contributed by atoms with Crippen molar-refractivity contribution in [2.45, 2.75) is 58.4 Å². The summed E-state index contributed by atoms with van der Waals surface area (Å²) in [7, 11) is 0. The van der Waals surface area contributed by atoms with Gasteiger partial charge in [-0.25, -0.2) is 0 Å². The van der Waals surface area contributed by atoms with Gasteiger partial charge in [-0.1, -0.05) is 12.8 Å². The molecule has 2 aliphatic rings. The fraction of sp³-hybridized carbons (Fsp3) is 0.632. The van der Waals surface area contributed by atoms with Crippen LogP contribution < -0.4 is 4.74 Å². The standard InChI is InChI=1S/C19H27NO2/c1-3-22-18-11-10-16(13-14(18)2)19(21)20-12-6-9-17(20)15-7-4-5-8-15/h10-11,13,15,17H,3-9,12H2,1-2H3. The van der Waals surface area contributed by atoms with Crippen LogP contribution in [0.1, 0.15) is 61.4 Å². The van der Waals surface area contributed by atoms with Crippen LogP contribution >= 0.6 is 0 Å². The highest BCUT2D eigenvalue weighted by Crippen LogP contribution is 2.36. The molecule has 1 saturated carbocycles. The van der Waals surface area contributed by atoms with E-state index >= 15 is 0 Å². The minimum Gasteiger partial charge on any atom is -0.494 e. The molecule has 1 aliphatic heterocycles. The van der Waals surface area contributed by atoms with E-state index in [1.165, 1.54) is 32.1 Å². The average molecular weight is 301 g/mol. The first-order valence-electron chi connectivity index (χ1n) is 8.75. The third kappa shape index (κ3) is 2.99. The van der Waals surface area contributed by atoms with Gasteiger partial charge in [0.25, 0.3) is 5.91 Å². The van der Waals surface area contributed by atoms with Crippen molar-refractivity contribution in [3.8, 4) is 5.75 Å². The quantitative estimate of drug-likeness (QED) is 0.834. The molecule has 22 heavy (non-hydrogen) atoms. The molecule has 1 saturated heterocycles. The van der Waals surface area contributed by atoms with Crippen LogP contribution in [0.3, 0.4) is 0 Å². The summed E-state index contributed by atoms with van der Waals surface area (Å²) in [5, 5.41) is 0. The topological polar surface area (TPSA) is 29.5 Å². The number of benzene rings is 1. The molecule has 2 fully saturated rings. The van der Waals surface area contributed by atoms with Crippen LogP contribution in [0.25, 0.3) is 0 Å². The van der Waals surface area contributed by atoms with Crippen molar-refractivity contribution in [1.29, 1.82) is 0 Å². The molecule has 3 nitrogen and oxygen atoms in total. The molecule has 0 radical (unpaired) electrons. The SMILES string of the molecule is CCOc1ccc(C(=O)N2CCCC2C2CCCC2)cc1C. The van der Waals surface area contributed by atoms with Gasteiger partial charge in [-0.05, 0) is 69.2 Å². The maximum absolute atomic E-state index is 12.9. The molecule has 0 aromatic heterocycles. The molecule has 1 aromatic carbocycles. The number of aryl methyl sites for hydroxylation is 1. The van der Waals surface area contributed by atoms with Crippen molar-refractivity contribution in [2.24, 2.45) is 5.92 Å². The van der Waals surface area contributed by atoms with Crippen LogP contribution in [-0.2, 0) is 0 Å². The van der Waals surface area contributed by atoms with Gasteiger partial charge in [0.15, 0.2) is 0 Å². The summed E-state index contributed by atoms with van der Waals surface area (Å²) in [6.07, 6.45) is 7.62. The summed E-state index contributed by atoms with van der Waals surface area (Å²) < 4.78 is 5.57. The molecule has 0 spiro atoms. The highest BCUT2D eigenvalue weighted by Gasteiger charge is 2.36. The van der Waals surface area contributed by atoms with Gasteiger partial charge >= 0.3 is 0 Å². The van der Waals surface area contributed by atoms with E-state index in [2.05, 4.69) is 4.90 Å². The third-order valence-corrected chi connectivity index (χ3v) is 5.23. The fourth-order valence-electron chi connectivity index (χ4n) is 4.14. The molecule has 1 atom stereocenters. The zero-order valence-corrected chi connectivity index (χ0v) is 13.8. The molecule has 1 heterocycles. The van der Waals surface area contributed by atoms with Gasteiger partial charge < -0.3 is 9.64 Å². The predicted octanol–water partition coefficient (Wildman–Crippen LogP) is 4.19. The van der Waals surface area contributed by atoms with Gasteiger partial charge in [-0.2, -0.15) is 0 Å². The van der Waals surface area contributed by atoms with Crippen molar-refractivity contribution in [3.05, 3.63) is 29.3 Å². The Morgan fingerprint density at radius 1 is 1.23 bits per heavy atom. The number of carbonyl (C=O) groups is 1. The van der Waals surface area contributed by atoms with Crippen molar-refractivity contribution in [3.63, 3.8) is 0 Å². The summed E-state index contributed by atoms with van der Waals surface area (Å²) in [6, 6.07) is 6.32. The maximum atomic E-state index is 12.9. The predicted molar refractivity (Wildman–Crippen MR) is 88.4 cm³/mol. The normalized spacial score (nSPS) is 22.3. The number of likely N-dealkylation sites (tertiary alicyclic amines) is 1. The van der Waals surface area contributed by atoms with Crippen molar-refractivity contribution in [2.75, 3.05) is 13.2 Å². The van der Waals surface area contributed by atoms with Crippen LogP contribution in [0.5, 0.6) is 5.75 Å². The Hall–Kier alpha value is -1.51. The van der Waals surface area contributed by atoms with E-state index < -0.39 is 0 Å². The van der Waals surface area contributed by atoms with Gasteiger partial charge in [0.05, 0.1) is 6.61 Å². The molecule has 1 aromatic rings. The number of hydrogen-bond donors (Lipinski definition) is 0. The first-order chi connectivity index (χ1) is 10.7. The Morgan fingerprint density at radius 3 is 2.68 bits per heavy atom. The fourth-order valence-corrected chi connectivity index (χ4v) is 4.14. The van der Waals surface area contributed by atoms with Gasteiger partial charge in [-0.3, -0.25) is 4.79 Å². The highest BCUT2D eigenvalue weighted by atomic mass is 16.5. The number of rotatable bonds is 4. The minimum atomic E-state index is 0.209. The van der Waals surface area contributed by atoms with E-state index in [9.17, 15) is 4.79 Å². The van der Waals surface area contributed by atoms with Gasteiger partial charge in [-0.15, -0.1) is 0 Å². The molecule has 1 amide bonds. The molecule has 120 valence electrons. The summed E-state index contributed by atoms with van der Waals surface area (Å²) in [4.78, 5) is 15.1. The smallest absolute Gasteiger partial charge is 0.254 e. The molecule has 0 bridgehead atoms. The van der Waals surface area contributed by atoms with E-state index in [0.29, 0.717) is 12.6 Å². The molecule has 3 rings (SSSR count). The van der Waals surface area contributed by atoms with E-state index in [0.717, 1.165) is 35.8 Å². The number of ether oxygens (including phenoxy) is 1. The van der Waals surface area contributed by atoms with Crippen molar-refractivity contribution >= 4 is 5.91 Å². The lowest BCUT2D eigenvalue weighted by atomic mass is 9.95. The summed E-state index contributed by atoms with van der Waals surface area (Å²) in [5.41, 5.74) is 1.86. The molecular formula is C19H27NO2. The van der Waals surface area contributed by atoms with Crippen LogP contribution in [-0.4, -0.2) is 30.0 Å². The van der Waals surface area contributed by atoms with Crippen LogP contribution in [0.2, 0.25) is 0 Å². The van der Waals surface area contributed by atoms with Crippen molar-refractivity contribution < 1.29 is 9.53 Å². The molecule has 3 heteroatoms. The minimum absolute atomic E-state index is 0.209. The lowest BCUT2D eigenvalue weighted by Gasteiger charge is -2.29. The number of amides is 1. The van der Waals surface area contributed by atoms with Crippen molar-refractivity contribution in [1.82, 2.24) is 4.90 Å². The average Bonchev–Trinajstić information content (AvgIpc) is 3.19. The first kappa shape index (κ1) is 15.4. The molecule has 1 unspecified atom stereocenters. The second-order valence-corrected chi connectivity index (χ2v) is 6.67. The lowest BCUT2D eigenvalue weighted by Crippen LogP contribution is -2.39. The van der Waals surface area contributed by atoms with Gasteiger partial charge in [0.1, 0.15) is 5.75 Å². The van der Waals surface area contributed by atoms with E-state index in [4.69, 9.17) is 4.74 Å². The summed E-state index contributed by atoms with van der Waals surface area (Å²) in [5.74, 6) is 1.82. The Morgan fingerprint density at radius 2 is 2.00 bits per heavy atom. The Labute approximate surface area is 133 Å². The maximum Gasteiger partial charge on any atom is 0.254 e. The van der Waals surface area contributed by atoms with Crippen LogP contribution in [0, 0.1) is 12.8 Å². The second-order valence-electron chi connectivity index (χ2n) is 6.67. The Bertz CT molecular complexity index is 534. The Balaban J connectivity index is 1.76. The Kier molecular flexibility index (Phi) is 4.70. The first-order valence-corrected chi connectivity index (χ1v) is 8.75. The molecule has 1 aliphatic carbocycles. The van der Waals surface area contributed by atoms with Crippen LogP contribution in [0.15, 0.2) is 18.2 Å². The second kappa shape index (κ2) is 6.72. The zero-order chi connectivity index (χ0) is 15.5.